The average molecular weight is 244 g/mol. The van der Waals surface area contributed by atoms with Crippen LogP contribution in [-0.4, -0.2) is 26.0 Å². The van der Waals surface area contributed by atoms with Crippen molar-refractivity contribution < 1.29 is 4.79 Å². The molecule has 2 aliphatic heterocycles. The lowest BCUT2D eigenvalue weighted by Crippen LogP contribution is -2.34. The van der Waals surface area contributed by atoms with Crippen molar-refractivity contribution in [1.82, 2.24) is 5.32 Å². The summed E-state index contributed by atoms with van der Waals surface area (Å²) in [5, 5.41) is 2.70. The predicted molar refractivity (Wildman–Crippen MR) is 73.1 cm³/mol. The van der Waals surface area contributed by atoms with Gasteiger partial charge in [-0.05, 0) is 42.4 Å². The van der Waals surface area contributed by atoms with Crippen molar-refractivity contribution in [3.8, 4) is 0 Å². The molecular formula is C15H20N2O. The highest BCUT2D eigenvalue weighted by molar-refractivity contribution is 5.79. The van der Waals surface area contributed by atoms with E-state index in [1.165, 1.54) is 61.2 Å². The Morgan fingerprint density at radius 2 is 1.83 bits per heavy atom. The number of carbonyl (C=O) groups excluding carboxylic acids is 1. The van der Waals surface area contributed by atoms with Gasteiger partial charge in [-0.1, -0.05) is 12.1 Å². The molecule has 96 valence electrons. The van der Waals surface area contributed by atoms with Crippen LogP contribution in [0.3, 0.4) is 0 Å². The molecule has 0 bridgehead atoms. The summed E-state index contributed by atoms with van der Waals surface area (Å²) in [6.07, 6.45) is 5.34. The monoisotopic (exact) mass is 244 g/mol. The van der Waals surface area contributed by atoms with Crippen molar-refractivity contribution in [2.45, 2.75) is 32.1 Å². The third-order valence-electron chi connectivity index (χ3n) is 4.04. The molecule has 18 heavy (non-hydrogen) atoms. The van der Waals surface area contributed by atoms with E-state index in [0.717, 1.165) is 0 Å². The minimum absolute atomic E-state index is 0.102. The fourth-order valence-corrected chi connectivity index (χ4v) is 3.25. The first-order valence-electron chi connectivity index (χ1n) is 6.88. The van der Waals surface area contributed by atoms with Gasteiger partial charge in [-0.25, -0.2) is 0 Å². The van der Waals surface area contributed by atoms with Gasteiger partial charge in [0.15, 0.2) is 0 Å². The summed E-state index contributed by atoms with van der Waals surface area (Å²) in [7, 11) is 1.70. The number of hydrogen-bond donors (Lipinski definition) is 1. The van der Waals surface area contributed by atoms with Crippen molar-refractivity contribution in [3.63, 3.8) is 0 Å². The van der Waals surface area contributed by atoms with Crippen molar-refractivity contribution in [3.05, 3.63) is 28.8 Å². The molecule has 1 amide bonds. The van der Waals surface area contributed by atoms with Gasteiger partial charge in [0.05, 0.1) is 6.42 Å². The molecule has 0 radical (unpaired) electrons. The van der Waals surface area contributed by atoms with Gasteiger partial charge in [0.25, 0.3) is 0 Å². The number of nitrogens with one attached hydrogen (secondary N) is 1. The Morgan fingerprint density at radius 3 is 2.39 bits per heavy atom. The Morgan fingerprint density at radius 1 is 1.22 bits per heavy atom. The molecule has 3 nitrogen and oxygen atoms in total. The van der Waals surface area contributed by atoms with Crippen LogP contribution in [0.1, 0.15) is 29.5 Å². The second-order valence-corrected chi connectivity index (χ2v) is 5.31. The van der Waals surface area contributed by atoms with Gasteiger partial charge in [0.1, 0.15) is 0 Å². The minimum Gasteiger partial charge on any atom is -0.371 e. The number of benzene rings is 1. The fraction of sp³-hybridized carbons (Fsp3) is 0.533. The van der Waals surface area contributed by atoms with Gasteiger partial charge in [0.2, 0.25) is 5.91 Å². The summed E-state index contributed by atoms with van der Waals surface area (Å²) < 4.78 is 0. The third kappa shape index (κ3) is 1.98. The van der Waals surface area contributed by atoms with Crippen LogP contribution in [0.15, 0.2) is 12.1 Å². The fourth-order valence-electron chi connectivity index (χ4n) is 3.25. The molecule has 0 unspecified atom stereocenters. The van der Waals surface area contributed by atoms with Crippen molar-refractivity contribution in [2.24, 2.45) is 0 Å². The number of anilines is 1. The largest absolute Gasteiger partial charge is 0.371 e. The van der Waals surface area contributed by atoms with Gasteiger partial charge in [0, 0.05) is 25.8 Å². The summed E-state index contributed by atoms with van der Waals surface area (Å²) in [6.45, 7) is 2.41. The Hall–Kier alpha value is -1.51. The van der Waals surface area contributed by atoms with E-state index in [9.17, 15) is 4.79 Å². The zero-order valence-electron chi connectivity index (χ0n) is 11.0. The van der Waals surface area contributed by atoms with Crippen molar-refractivity contribution in [2.75, 3.05) is 25.0 Å². The van der Waals surface area contributed by atoms with Gasteiger partial charge in [-0.3, -0.25) is 4.79 Å². The van der Waals surface area contributed by atoms with E-state index in [2.05, 4.69) is 22.3 Å². The number of rotatable bonds is 2. The van der Waals surface area contributed by atoms with Crippen LogP contribution in [0.4, 0.5) is 5.69 Å². The number of aryl methyl sites for hydroxylation is 2. The van der Waals surface area contributed by atoms with E-state index in [-0.39, 0.29) is 5.91 Å². The molecule has 1 N–H and O–H groups in total. The van der Waals surface area contributed by atoms with E-state index in [1.54, 1.807) is 7.05 Å². The standard InChI is InChI=1S/C15H20N2O/c1-16-14(18)10-11-8-12-4-2-6-17-7-3-5-13(9-11)15(12)17/h8-9H,2-7,10H2,1H3,(H,16,18). The molecule has 1 aromatic rings. The molecule has 0 atom stereocenters. The zero-order chi connectivity index (χ0) is 12.5. The summed E-state index contributed by atoms with van der Waals surface area (Å²) in [4.78, 5) is 14.0. The lowest BCUT2D eigenvalue weighted by atomic mass is 9.89. The SMILES string of the molecule is CNC(=O)Cc1cc2c3c(c1)CCCN3CCC2. The lowest BCUT2D eigenvalue weighted by molar-refractivity contribution is -0.119. The van der Waals surface area contributed by atoms with Crippen LogP contribution < -0.4 is 10.2 Å². The van der Waals surface area contributed by atoms with Crippen LogP contribution in [-0.2, 0) is 24.1 Å². The Bertz CT molecular complexity index is 450. The Balaban J connectivity index is 1.98. The van der Waals surface area contributed by atoms with E-state index in [1.807, 2.05) is 0 Å². The average Bonchev–Trinajstić information content (AvgIpc) is 2.39. The second-order valence-electron chi connectivity index (χ2n) is 5.31. The molecule has 0 spiro atoms. The number of likely N-dealkylation sites (N-methyl/N-ethyl adjacent to an activating group) is 1. The molecule has 3 rings (SSSR count). The molecule has 0 saturated carbocycles. The van der Waals surface area contributed by atoms with E-state index in [0.29, 0.717) is 6.42 Å². The van der Waals surface area contributed by atoms with Crippen LogP contribution in [0.5, 0.6) is 0 Å². The smallest absolute Gasteiger partial charge is 0.224 e. The van der Waals surface area contributed by atoms with Crippen LogP contribution in [0.2, 0.25) is 0 Å². The molecule has 0 aromatic heterocycles. The van der Waals surface area contributed by atoms with E-state index < -0.39 is 0 Å². The summed E-state index contributed by atoms with van der Waals surface area (Å²) in [5.41, 5.74) is 5.56. The highest BCUT2D eigenvalue weighted by Crippen LogP contribution is 2.36. The van der Waals surface area contributed by atoms with E-state index >= 15 is 0 Å². The van der Waals surface area contributed by atoms with Crippen molar-refractivity contribution in [1.29, 1.82) is 0 Å². The summed E-state index contributed by atoms with van der Waals surface area (Å²) >= 11 is 0. The minimum atomic E-state index is 0.102. The highest BCUT2D eigenvalue weighted by Gasteiger charge is 2.24. The topological polar surface area (TPSA) is 32.3 Å². The second kappa shape index (κ2) is 4.63. The first-order valence-corrected chi connectivity index (χ1v) is 6.88. The molecule has 2 aliphatic rings. The normalized spacial score (nSPS) is 17.3. The number of hydrogen-bond acceptors (Lipinski definition) is 2. The van der Waals surface area contributed by atoms with Gasteiger partial charge in [-0.15, -0.1) is 0 Å². The maximum Gasteiger partial charge on any atom is 0.224 e. The first-order chi connectivity index (χ1) is 8.78. The molecular weight excluding hydrogens is 224 g/mol. The number of nitrogens with zero attached hydrogens (tertiary/aromatic N) is 1. The molecule has 1 aromatic carbocycles. The highest BCUT2D eigenvalue weighted by atomic mass is 16.1. The molecule has 3 heteroatoms. The van der Waals surface area contributed by atoms with Gasteiger partial charge >= 0.3 is 0 Å². The van der Waals surface area contributed by atoms with E-state index in [4.69, 9.17) is 0 Å². The summed E-state index contributed by atoms with van der Waals surface area (Å²) in [5.74, 6) is 0.102. The number of amides is 1. The predicted octanol–water partition coefficient (Wildman–Crippen LogP) is 1.67. The maximum atomic E-state index is 11.5. The third-order valence-corrected chi connectivity index (χ3v) is 4.04. The summed E-state index contributed by atoms with van der Waals surface area (Å²) in [6, 6.07) is 4.48. The quantitative estimate of drug-likeness (QED) is 0.858. The Kier molecular flexibility index (Phi) is 2.98. The first kappa shape index (κ1) is 11.6. The number of carbonyl (C=O) groups is 1. The molecule has 2 heterocycles. The molecule has 0 saturated heterocycles. The molecule has 0 aliphatic carbocycles. The van der Waals surface area contributed by atoms with Crippen LogP contribution >= 0.6 is 0 Å². The molecule has 0 fully saturated rings. The lowest BCUT2D eigenvalue weighted by Gasteiger charge is -2.37. The van der Waals surface area contributed by atoms with Crippen LogP contribution in [0, 0.1) is 0 Å². The zero-order valence-corrected chi connectivity index (χ0v) is 11.0. The van der Waals surface area contributed by atoms with Gasteiger partial charge in [-0.2, -0.15) is 0 Å². The van der Waals surface area contributed by atoms with Crippen LogP contribution in [0.25, 0.3) is 0 Å². The Labute approximate surface area is 108 Å². The van der Waals surface area contributed by atoms with Gasteiger partial charge < -0.3 is 10.2 Å². The maximum absolute atomic E-state index is 11.5. The van der Waals surface area contributed by atoms with Crippen molar-refractivity contribution >= 4 is 11.6 Å².